The molecule has 0 spiro atoms. The van der Waals surface area contributed by atoms with Gasteiger partial charge in [0.25, 0.3) is 0 Å². The van der Waals surface area contributed by atoms with Gasteiger partial charge in [-0.15, -0.1) is 0 Å². The summed E-state index contributed by atoms with van der Waals surface area (Å²) in [6, 6.07) is 6.02. The molecule has 3 nitrogen and oxygen atoms in total. The predicted octanol–water partition coefficient (Wildman–Crippen LogP) is 1.96. The zero-order valence-corrected chi connectivity index (χ0v) is 9.54. The lowest BCUT2D eigenvalue weighted by molar-refractivity contribution is -0.883. The molecule has 0 radical (unpaired) electrons. The van der Waals surface area contributed by atoms with Crippen LogP contribution in [0.4, 0.5) is 5.69 Å². The Morgan fingerprint density at radius 2 is 2.00 bits per heavy atom. The van der Waals surface area contributed by atoms with E-state index in [1.807, 2.05) is 12.1 Å². The molecule has 3 heteroatoms. The van der Waals surface area contributed by atoms with E-state index in [1.54, 1.807) is 0 Å². The number of quaternary nitrogens is 1. The van der Waals surface area contributed by atoms with Crippen molar-refractivity contribution in [1.82, 2.24) is 4.98 Å². The highest BCUT2D eigenvalue weighted by Gasteiger charge is 2.12. The maximum Gasteiger partial charge on any atom is 0.106 e. The number of hydrogen-bond acceptors (Lipinski definition) is 1. The van der Waals surface area contributed by atoms with Gasteiger partial charge in [0.2, 0.25) is 0 Å². The zero-order valence-electron chi connectivity index (χ0n) is 9.54. The predicted molar refractivity (Wildman–Crippen MR) is 64.4 cm³/mol. The van der Waals surface area contributed by atoms with Crippen molar-refractivity contribution in [2.75, 3.05) is 26.9 Å². The van der Waals surface area contributed by atoms with Crippen LogP contribution in [0.25, 0.3) is 10.9 Å². The van der Waals surface area contributed by atoms with E-state index >= 15 is 0 Å². The molecule has 0 saturated heterocycles. The third-order valence-corrected chi connectivity index (χ3v) is 2.44. The minimum Gasteiger partial charge on any atom is -0.399 e. The van der Waals surface area contributed by atoms with Gasteiger partial charge in [-0.2, -0.15) is 0 Å². The summed E-state index contributed by atoms with van der Waals surface area (Å²) in [5.74, 6) is 0. The second kappa shape index (κ2) is 3.28. The summed E-state index contributed by atoms with van der Waals surface area (Å²) in [6.07, 6.45) is 2.08. The van der Waals surface area contributed by atoms with E-state index in [0.29, 0.717) is 0 Å². The molecule has 3 N–H and O–H groups in total. The molecule has 0 fully saturated rings. The fourth-order valence-corrected chi connectivity index (χ4v) is 1.85. The highest BCUT2D eigenvalue weighted by Crippen LogP contribution is 2.22. The molecule has 0 atom stereocenters. The molecule has 15 heavy (non-hydrogen) atoms. The van der Waals surface area contributed by atoms with Crippen molar-refractivity contribution in [3.05, 3.63) is 30.0 Å². The van der Waals surface area contributed by atoms with Gasteiger partial charge in [-0.25, -0.2) is 0 Å². The first-order valence-corrected chi connectivity index (χ1v) is 5.12. The van der Waals surface area contributed by atoms with Crippen LogP contribution in [-0.2, 0) is 6.54 Å². The molecular formula is C12H18N3+. The molecule has 1 aromatic carbocycles. The first kappa shape index (κ1) is 10.1. The quantitative estimate of drug-likeness (QED) is 0.570. The number of nitrogens with one attached hydrogen (secondary N) is 1. The van der Waals surface area contributed by atoms with E-state index in [4.69, 9.17) is 5.73 Å². The first-order chi connectivity index (χ1) is 6.96. The van der Waals surface area contributed by atoms with Crippen LogP contribution in [0.2, 0.25) is 0 Å². The van der Waals surface area contributed by atoms with E-state index in [1.165, 1.54) is 10.9 Å². The summed E-state index contributed by atoms with van der Waals surface area (Å²) in [4.78, 5) is 3.26. The van der Waals surface area contributed by atoms with Crippen LogP contribution in [0.3, 0.4) is 0 Å². The van der Waals surface area contributed by atoms with Crippen LogP contribution in [-0.4, -0.2) is 30.6 Å². The van der Waals surface area contributed by atoms with E-state index in [9.17, 15) is 0 Å². The van der Waals surface area contributed by atoms with Crippen molar-refractivity contribution in [3.8, 4) is 0 Å². The topological polar surface area (TPSA) is 41.8 Å². The molecule has 0 amide bonds. The van der Waals surface area contributed by atoms with Crippen molar-refractivity contribution in [1.29, 1.82) is 0 Å². The number of anilines is 1. The normalized spacial score (nSPS) is 12.2. The molecule has 0 aliphatic heterocycles. The molecule has 0 saturated carbocycles. The summed E-state index contributed by atoms with van der Waals surface area (Å²) in [5, 5.41) is 1.28. The highest BCUT2D eigenvalue weighted by molar-refractivity contribution is 5.85. The molecule has 0 aliphatic carbocycles. The summed E-state index contributed by atoms with van der Waals surface area (Å²) >= 11 is 0. The number of benzene rings is 1. The third-order valence-electron chi connectivity index (χ3n) is 2.44. The SMILES string of the molecule is C[N+](C)(C)Cc1c[nH]c2cc(N)ccc12. The van der Waals surface area contributed by atoms with Crippen molar-refractivity contribution >= 4 is 16.6 Å². The number of aromatic amines is 1. The first-order valence-electron chi connectivity index (χ1n) is 5.12. The number of aromatic nitrogens is 1. The lowest BCUT2D eigenvalue weighted by Crippen LogP contribution is -2.33. The van der Waals surface area contributed by atoms with Crippen LogP contribution in [0, 0.1) is 0 Å². The van der Waals surface area contributed by atoms with Crippen molar-refractivity contribution in [2.24, 2.45) is 0 Å². The van der Waals surface area contributed by atoms with Gasteiger partial charge in [-0.05, 0) is 12.1 Å². The average Bonchev–Trinajstić information content (AvgIpc) is 2.45. The lowest BCUT2D eigenvalue weighted by atomic mass is 10.1. The van der Waals surface area contributed by atoms with Gasteiger partial charge in [0.05, 0.1) is 21.1 Å². The van der Waals surface area contributed by atoms with Crippen molar-refractivity contribution in [2.45, 2.75) is 6.54 Å². The molecule has 0 bridgehead atoms. The number of nitrogens with two attached hydrogens (primary N) is 1. The second-order valence-corrected chi connectivity index (χ2v) is 5.07. The van der Waals surface area contributed by atoms with Crippen molar-refractivity contribution < 1.29 is 4.48 Å². The summed E-state index contributed by atoms with van der Waals surface area (Å²) < 4.78 is 0.928. The second-order valence-electron chi connectivity index (χ2n) is 5.07. The highest BCUT2D eigenvalue weighted by atomic mass is 15.3. The summed E-state index contributed by atoms with van der Waals surface area (Å²) in [6.45, 7) is 1.02. The Morgan fingerprint density at radius 3 is 2.67 bits per heavy atom. The monoisotopic (exact) mass is 204 g/mol. The molecule has 80 valence electrons. The largest absolute Gasteiger partial charge is 0.399 e. The molecule has 2 aromatic rings. The Hall–Kier alpha value is -1.48. The fourth-order valence-electron chi connectivity index (χ4n) is 1.85. The Bertz CT molecular complexity index is 477. The average molecular weight is 204 g/mol. The van der Waals surface area contributed by atoms with E-state index < -0.39 is 0 Å². The maximum absolute atomic E-state index is 5.74. The van der Waals surface area contributed by atoms with Gasteiger partial charge in [-0.1, -0.05) is 6.07 Å². The summed E-state index contributed by atoms with van der Waals surface area (Å²) in [7, 11) is 6.57. The van der Waals surface area contributed by atoms with Crippen LogP contribution < -0.4 is 5.73 Å². The van der Waals surface area contributed by atoms with Gasteiger partial charge in [-0.3, -0.25) is 0 Å². The number of nitrogen functional groups attached to an aromatic ring is 1. The Morgan fingerprint density at radius 1 is 1.27 bits per heavy atom. The van der Waals surface area contributed by atoms with Gasteiger partial charge in [0.1, 0.15) is 6.54 Å². The Kier molecular flexibility index (Phi) is 2.20. The number of rotatable bonds is 2. The van der Waals surface area contributed by atoms with Gasteiger partial charge >= 0.3 is 0 Å². The van der Waals surface area contributed by atoms with Gasteiger partial charge in [0, 0.05) is 28.4 Å². The van der Waals surface area contributed by atoms with E-state index in [2.05, 4.69) is 38.4 Å². The van der Waals surface area contributed by atoms with Crippen LogP contribution in [0.15, 0.2) is 24.4 Å². The molecule has 0 unspecified atom stereocenters. The number of fused-ring (bicyclic) bond motifs is 1. The standard InChI is InChI=1S/C12H18N3/c1-15(2,3)8-9-7-14-12-6-10(13)4-5-11(9)12/h4-7,14H,8,13H2,1-3H3/q+1. The fraction of sp³-hybridized carbons (Fsp3) is 0.333. The van der Waals surface area contributed by atoms with E-state index in [-0.39, 0.29) is 0 Å². The maximum atomic E-state index is 5.74. The van der Waals surface area contributed by atoms with E-state index in [0.717, 1.165) is 22.2 Å². The molecule has 2 rings (SSSR count). The van der Waals surface area contributed by atoms with Crippen molar-refractivity contribution in [3.63, 3.8) is 0 Å². The number of H-pyrrole nitrogens is 1. The Labute approximate surface area is 90.1 Å². The van der Waals surface area contributed by atoms with Gasteiger partial charge in [0.15, 0.2) is 0 Å². The summed E-state index contributed by atoms with van der Waals surface area (Å²) in [5.41, 5.74) is 9.01. The molecule has 1 heterocycles. The van der Waals surface area contributed by atoms with Crippen LogP contribution >= 0.6 is 0 Å². The molecular weight excluding hydrogens is 186 g/mol. The third kappa shape index (κ3) is 2.13. The number of hydrogen-bond donors (Lipinski definition) is 2. The minimum atomic E-state index is 0.807. The smallest absolute Gasteiger partial charge is 0.106 e. The molecule has 0 aliphatic rings. The van der Waals surface area contributed by atoms with Crippen LogP contribution in [0.5, 0.6) is 0 Å². The zero-order chi connectivity index (χ0) is 11.1. The Balaban J connectivity index is 2.45. The number of nitrogens with zero attached hydrogens (tertiary/aromatic N) is 1. The molecule has 1 aromatic heterocycles. The van der Waals surface area contributed by atoms with Crippen LogP contribution in [0.1, 0.15) is 5.56 Å². The minimum absolute atomic E-state index is 0.807. The van der Waals surface area contributed by atoms with Gasteiger partial charge < -0.3 is 15.2 Å². The lowest BCUT2D eigenvalue weighted by Gasteiger charge is -2.23.